The summed E-state index contributed by atoms with van der Waals surface area (Å²) in [7, 11) is 0. The second kappa shape index (κ2) is 4.92. The van der Waals surface area contributed by atoms with Crippen molar-refractivity contribution in [2.75, 3.05) is 0 Å². The molecule has 1 heterocycles. The summed E-state index contributed by atoms with van der Waals surface area (Å²) in [4.78, 5) is 4.49. The van der Waals surface area contributed by atoms with Gasteiger partial charge in [-0.05, 0) is 25.0 Å². The Morgan fingerprint density at radius 3 is 2.32 bits per heavy atom. The van der Waals surface area contributed by atoms with Crippen molar-refractivity contribution in [3.8, 4) is 0 Å². The van der Waals surface area contributed by atoms with Crippen molar-refractivity contribution in [3.05, 3.63) is 71.3 Å². The molecule has 0 spiro atoms. The Balaban J connectivity index is 1.94. The predicted octanol–water partition coefficient (Wildman–Crippen LogP) is 4.29. The largest absolute Gasteiger partial charge is 0.281 e. The highest BCUT2D eigenvalue weighted by Gasteiger charge is 2.23. The molecule has 1 aliphatic heterocycles. The lowest BCUT2D eigenvalue weighted by molar-refractivity contribution is 0.581. The quantitative estimate of drug-likeness (QED) is 0.761. The highest BCUT2D eigenvalue weighted by atomic mass is 19.1. The predicted molar refractivity (Wildman–Crippen MR) is 71.3 cm³/mol. The second-order valence-corrected chi connectivity index (χ2v) is 4.63. The fourth-order valence-corrected chi connectivity index (χ4v) is 2.46. The third-order valence-corrected chi connectivity index (χ3v) is 3.42. The van der Waals surface area contributed by atoms with E-state index in [1.807, 2.05) is 0 Å². The Labute approximate surface area is 110 Å². The summed E-state index contributed by atoms with van der Waals surface area (Å²) < 4.78 is 27.4. The third-order valence-electron chi connectivity index (χ3n) is 3.42. The summed E-state index contributed by atoms with van der Waals surface area (Å²) >= 11 is 0. The molecular weight excluding hydrogens is 244 g/mol. The van der Waals surface area contributed by atoms with Gasteiger partial charge < -0.3 is 0 Å². The van der Waals surface area contributed by atoms with E-state index in [1.54, 1.807) is 36.4 Å². The number of hydrogen-bond acceptors (Lipinski definition) is 1. The zero-order valence-corrected chi connectivity index (χ0v) is 10.3. The smallest absolute Gasteiger partial charge is 0.132 e. The standard InChI is InChI=1S/C16H13F2N/c17-13-7-3-1-5-11(13)15-9-10-16(19-15)12-6-2-4-8-14(12)18/h1-8,15H,9-10H2. The SMILES string of the molecule is Fc1ccccc1C1=NC(c2ccccc2F)CC1. The average Bonchev–Trinajstić information content (AvgIpc) is 2.89. The fraction of sp³-hybridized carbons (Fsp3) is 0.188. The van der Waals surface area contributed by atoms with Gasteiger partial charge in [-0.3, -0.25) is 4.99 Å². The molecule has 0 aromatic heterocycles. The third kappa shape index (κ3) is 2.28. The van der Waals surface area contributed by atoms with E-state index in [-0.39, 0.29) is 17.7 Å². The molecule has 3 heteroatoms. The number of nitrogens with zero attached hydrogens (tertiary/aromatic N) is 1. The lowest BCUT2D eigenvalue weighted by Gasteiger charge is -2.07. The highest BCUT2D eigenvalue weighted by Crippen LogP contribution is 2.32. The Morgan fingerprint density at radius 2 is 1.58 bits per heavy atom. The van der Waals surface area contributed by atoms with Crippen LogP contribution in [-0.4, -0.2) is 5.71 Å². The molecule has 1 aliphatic rings. The molecule has 0 aliphatic carbocycles. The summed E-state index contributed by atoms with van der Waals surface area (Å²) in [6, 6.07) is 13.0. The van der Waals surface area contributed by atoms with Gasteiger partial charge in [0.1, 0.15) is 11.6 Å². The zero-order valence-electron chi connectivity index (χ0n) is 10.3. The van der Waals surface area contributed by atoms with Gasteiger partial charge in [-0.2, -0.15) is 0 Å². The van der Waals surface area contributed by atoms with Crippen LogP contribution in [0.2, 0.25) is 0 Å². The van der Waals surface area contributed by atoms with Crippen LogP contribution in [0.4, 0.5) is 8.78 Å². The Bertz CT molecular complexity index is 634. The molecule has 0 N–H and O–H groups in total. The number of hydrogen-bond donors (Lipinski definition) is 0. The normalized spacial score (nSPS) is 18.4. The summed E-state index contributed by atoms with van der Waals surface area (Å²) in [5, 5.41) is 0. The maximum absolute atomic E-state index is 13.7. The van der Waals surface area contributed by atoms with Crippen molar-refractivity contribution >= 4 is 5.71 Å². The first-order valence-corrected chi connectivity index (χ1v) is 6.31. The molecule has 0 radical (unpaired) electrons. The summed E-state index contributed by atoms with van der Waals surface area (Å²) in [6.45, 7) is 0. The van der Waals surface area contributed by atoms with Crippen LogP contribution in [0, 0.1) is 11.6 Å². The van der Waals surface area contributed by atoms with E-state index in [0.29, 0.717) is 17.5 Å². The van der Waals surface area contributed by atoms with E-state index in [2.05, 4.69) is 4.99 Å². The van der Waals surface area contributed by atoms with Crippen molar-refractivity contribution in [1.29, 1.82) is 0 Å². The molecule has 1 unspecified atom stereocenters. The minimum absolute atomic E-state index is 0.198. The Kier molecular flexibility index (Phi) is 3.11. The van der Waals surface area contributed by atoms with Crippen molar-refractivity contribution in [2.45, 2.75) is 18.9 Å². The van der Waals surface area contributed by atoms with E-state index >= 15 is 0 Å². The first-order chi connectivity index (χ1) is 9.25. The fourth-order valence-electron chi connectivity index (χ4n) is 2.46. The molecule has 1 nitrogen and oxygen atoms in total. The monoisotopic (exact) mass is 257 g/mol. The number of aliphatic imine (C=N–C) groups is 1. The topological polar surface area (TPSA) is 12.4 Å². The maximum atomic E-state index is 13.7. The van der Waals surface area contributed by atoms with Crippen LogP contribution in [0.1, 0.15) is 30.0 Å². The van der Waals surface area contributed by atoms with Crippen molar-refractivity contribution in [1.82, 2.24) is 0 Å². The van der Waals surface area contributed by atoms with Crippen molar-refractivity contribution < 1.29 is 8.78 Å². The van der Waals surface area contributed by atoms with Gasteiger partial charge in [0, 0.05) is 16.8 Å². The first kappa shape index (κ1) is 12.0. The van der Waals surface area contributed by atoms with Gasteiger partial charge in [0.05, 0.1) is 6.04 Å². The molecule has 0 fully saturated rings. The van der Waals surface area contributed by atoms with Crippen LogP contribution >= 0.6 is 0 Å². The van der Waals surface area contributed by atoms with Crippen LogP contribution in [0.25, 0.3) is 0 Å². The number of halogens is 2. The zero-order chi connectivity index (χ0) is 13.2. The second-order valence-electron chi connectivity index (χ2n) is 4.63. The van der Waals surface area contributed by atoms with E-state index in [9.17, 15) is 8.78 Å². The first-order valence-electron chi connectivity index (χ1n) is 6.31. The van der Waals surface area contributed by atoms with Gasteiger partial charge in [-0.15, -0.1) is 0 Å². The maximum Gasteiger partial charge on any atom is 0.132 e. The van der Waals surface area contributed by atoms with Crippen LogP contribution in [0.5, 0.6) is 0 Å². The summed E-state index contributed by atoms with van der Waals surface area (Å²) in [5.41, 5.74) is 1.85. The molecule has 1 atom stereocenters. The van der Waals surface area contributed by atoms with E-state index < -0.39 is 0 Å². The average molecular weight is 257 g/mol. The molecule has 0 saturated carbocycles. The van der Waals surface area contributed by atoms with Crippen molar-refractivity contribution in [3.63, 3.8) is 0 Å². The van der Waals surface area contributed by atoms with Crippen molar-refractivity contribution in [2.24, 2.45) is 4.99 Å². The Hall–Kier alpha value is -2.03. The van der Waals surface area contributed by atoms with Crippen LogP contribution in [0.3, 0.4) is 0 Å². The lowest BCUT2D eigenvalue weighted by Crippen LogP contribution is -1.99. The molecule has 2 aromatic rings. The van der Waals surface area contributed by atoms with Crippen LogP contribution in [0.15, 0.2) is 53.5 Å². The molecule has 3 rings (SSSR count). The molecule has 0 saturated heterocycles. The van der Waals surface area contributed by atoms with Gasteiger partial charge >= 0.3 is 0 Å². The molecule has 96 valence electrons. The minimum atomic E-state index is -0.268. The molecule has 2 aromatic carbocycles. The van der Waals surface area contributed by atoms with Gasteiger partial charge in [0.2, 0.25) is 0 Å². The Morgan fingerprint density at radius 1 is 0.895 bits per heavy atom. The summed E-state index contributed by atoms with van der Waals surface area (Å²) in [5.74, 6) is -0.513. The van der Waals surface area contributed by atoms with Gasteiger partial charge in [-0.25, -0.2) is 8.78 Å². The van der Waals surface area contributed by atoms with E-state index in [4.69, 9.17) is 0 Å². The van der Waals surface area contributed by atoms with E-state index in [1.165, 1.54) is 12.1 Å². The molecular formula is C16H13F2N. The van der Waals surface area contributed by atoms with Crippen LogP contribution < -0.4 is 0 Å². The molecule has 0 bridgehead atoms. The number of rotatable bonds is 2. The lowest BCUT2D eigenvalue weighted by atomic mass is 10.0. The minimum Gasteiger partial charge on any atom is -0.281 e. The van der Waals surface area contributed by atoms with Gasteiger partial charge in [0.15, 0.2) is 0 Å². The van der Waals surface area contributed by atoms with Gasteiger partial charge in [0.25, 0.3) is 0 Å². The van der Waals surface area contributed by atoms with Crippen LogP contribution in [-0.2, 0) is 0 Å². The number of benzene rings is 2. The molecule has 0 amide bonds. The van der Waals surface area contributed by atoms with E-state index in [0.717, 1.165) is 12.1 Å². The highest BCUT2D eigenvalue weighted by molar-refractivity contribution is 6.02. The molecule has 19 heavy (non-hydrogen) atoms. The summed E-state index contributed by atoms with van der Waals surface area (Å²) in [6.07, 6.45) is 1.41. The van der Waals surface area contributed by atoms with Gasteiger partial charge in [-0.1, -0.05) is 36.4 Å².